The average molecular weight is 508 g/mol. The number of ketones is 1. The summed E-state index contributed by atoms with van der Waals surface area (Å²) in [6.45, 7) is 14.7. The lowest BCUT2D eigenvalue weighted by Gasteiger charge is -2.70. The van der Waals surface area contributed by atoms with E-state index in [1.54, 1.807) is 13.1 Å². The van der Waals surface area contributed by atoms with Crippen LogP contribution in [0.5, 0.6) is 0 Å². The molecule has 0 aromatic carbocycles. The van der Waals surface area contributed by atoms with Gasteiger partial charge in [0.1, 0.15) is 0 Å². The first kappa shape index (κ1) is 26.3. The average Bonchev–Trinajstić information content (AvgIpc) is 2.84. The van der Waals surface area contributed by atoms with Crippen molar-refractivity contribution in [3.63, 3.8) is 0 Å². The third-order valence-corrected chi connectivity index (χ3v) is 12.3. The molecule has 0 bridgehead atoms. The number of carboxylic acid groups (broad SMARTS) is 1. The maximum atomic E-state index is 12.7. The molecule has 6 atom stereocenters. The highest BCUT2D eigenvalue weighted by Gasteiger charge is 2.66. The highest BCUT2D eigenvalue weighted by Crippen LogP contribution is 2.75. The van der Waals surface area contributed by atoms with Crippen molar-refractivity contribution in [3.8, 4) is 0 Å². The minimum absolute atomic E-state index is 0.0172. The van der Waals surface area contributed by atoms with E-state index in [2.05, 4.69) is 46.8 Å². The number of nitrogens with zero attached hydrogens (tertiary/aromatic N) is 1. The van der Waals surface area contributed by atoms with E-state index in [-0.39, 0.29) is 33.2 Å². The number of allylic oxidation sites excluding steroid dienone is 7. The molecule has 0 radical (unpaired) electrons. The molecule has 0 unspecified atom stereocenters. The Kier molecular flexibility index (Phi) is 5.76. The predicted octanol–water partition coefficient (Wildman–Crippen LogP) is 7.61. The molecular formula is C32H45NO4. The lowest BCUT2D eigenvalue weighted by molar-refractivity contribution is -0.162. The fourth-order valence-corrected chi connectivity index (χ4v) is 9.29. The molecule has 5 heteroatoms. The largest absolute Gasteiger partial charge is 0.504 e. The molecule has 0 spiro atoms. The van der Waals surface area contributed by atoms with Gasteiger partial charge >= 0.3 is 6.09 Å². The zero-order valence-electron chi connectivity index (χ0n) is 23.8. The predicted molar refractivity (Wildman–Crippen MR) is 146 cm³/mol. The Labute approximate surface area is 222 Å². The molecule has 202 valence electrons. The monoisotopic (exact) mass is 507 g/mol. The van der Waals surface area contributed by atoms with Gasteiger partial charge < -0.3 is 15.1 Å². The normalized spacial score (nSPS) is 42.9. The Morgan fingerprint density at radius 2 is 1.70 bits per heavy atom. The summed E-state index contributed by atoms with van der Waals surface area (Å²) in [6, 6.07) is 0. The number of hydrogen-bond acceptors (Lipinski definition) is 3. The summed E-state index contributed by atoms with van der Waals surface area (Å²) in [5.41, 5.74) is 4.66. The van der Waals surface area contributed by atoms with Crippen LogP contribution in [0.15, 0.2) is 46.3 Å². The van der Waals surface area contributed by atoms with E-state index in [4.69, 9.17) is 0 Å². The summed E-state index contributed by atoms with van der Waals surface area (Å²) in [4.78, 5) is 25.5. The fourth-order valence-electron chi connectivity index (χ4n) is 9.29. The Morgan fingerprint density at radius 1 is 1.03 bits per heavy atom. The molecule has 5 rings (SSSR count). The molecule has 37 heavy (non-hydrogen) atoms. The molecule has 3 fully saturated rings. The van der Waals surface area contributed by atoms with Gasteiger partial charge in [0.15, 0.2) is 5.76 Å². The number of aliphatic hydroxyl groups excluding tert-OH is 1. The molecule has 0 saturated heterocycles. The van der Waals surface area contributed by atoms with Crippen molar-refractivity contribution in [1.82, 2.24) is 4.90 Å². The second-order valence-corrected chi connectivity index (χ2v) is 14.3. The van der Waals surface area contributed by atoms with Crippen LogP contribution in [0.2, 0.25) is 0 Å². The van der Waals surface area contributed by atoms with Crippen molar-refractivity contribution in [2.75, 3.05) is 13.6 Å². The van der Waals surface area contributed by atoms with Gasteiger partial charge in [-0.15, -0.1) is 0 Å². The first-order chi connectivity index (χ1) is 17.1. The number of carbonyl (C=O) groups excluding carboxylic acids is 1. The summed E-state index contributed by atoms with van der Waals surface area (Å²) >= 11 is 0. The van der Waals surface area contributed by atoms with Crippen molar-refractivity contribution < 1.29 is 19.8 Å². The van der Waals surface area contributed by atoms with Crippen LogP contribution >= 0.6 is 0 Å². The van der Waals surface area contributed by atoms with Gasteiger partial charge in [0, 0.05) is 24.6 Å². The van der Waals surface area contributed by atoms with Crippen LogP contribution in [0, 0.1) is 33.0 Å². The van der Waals surface area contributed by atoms with Crippen LogP contribution in [0.3, 0.4) is 0 Å². The zero-order valence-corrected chi connectivity index (χ0v) is 23.8. The highest BCUT2D eigenvalue weighted by molar-refractivity contribution is 6.06. The molecular weight excluding hydrogens is 462 g/mol. The molecule has 5 nitrogen and oxygen atoms in total. The van der Waals surface area contributed by atoms with Crippen LogP contribution in [0.25, 0.3) is 0 Å². The number of aliphatic hydroxyl groups is 1. The smallest absolute Gasteiger partial charge is 0.407 e. The summed E-state index contributed by atoms with van der Waals surface area (Å²) in [6.07, 6.45) is 14.2. The molecule has 2 N–H and O–H groups in total. The maximum absolute atomic E-state index is 12.7. The molecule has 0 heterocycles. The minimum atomic E-state index is -0.849. The molecule has 5 aliphatic rings. The Bertz CT molecular complexity index is 1190. The second-order valence-electron chi connectivity index (χ2n) is 14.3. The van der Waals surface area contributed by atoms with Gasteiger partial charge in [-0.05, 0) is 103 Å². The van der Waals surface area contributed by atoms with Crippen molar-refractivity contribution in [1.29, 1.82) is 0 Å². The van der Waals surface area contributed by atoms with Gasteiger partial charge in [0.05, 0.1) is 0 Å². The third-order valence-electron chi connectivity index (χ3n) is 12.3. The van der Waals surface area contributed by atoms with Crippen molar-refractivity contribution in [2.45, 2.75) is 92.9 Å². The summed E-state index contributed by atoms with van der Waals surface area (Å²) < 4.78 is 0. The van der Waals surface area contributed by atoms with Crippen LogP contribution in [0.1, 0.15) is 92.9 Å². The molecule has 0 aliphatic heterocycles. The number of hydrogen-bond donors (Lipinski definition) is 2. The lowest BCUT2D eigenvalue weighted by atomic mass is 9.34. The van der Waals surface area contributed by atoms with Crippen LogP contribution in [-0.2, 0) is 4.79 Å². The van der Waals surface area contributed by atoms with E-state index in [9.17, 15) is 19.8 Å². The quantitative estimate of drug-likeness (QED) is 0.412. The lowest BCUT2D eigenvalue weighted by Crippen LogP contribution is -2.61. The summed E-state index contributed by atoms with van der Waals surface area (Å²) in [5.74, 6) is 0.179. The fraction of sp³-hybridized carbons (Fsp3) is 0.688. The van der Waals surface area contributed by atoms with Gasteiger partial charge in [-0.25, -0.2) is 4.79 Å². The number of amides is 1. The number of carbonyl (C=O) groups is 2. The number of fused-ring (bicyclic) bond motifs is 7. The second kappa shape index (κ2) is 8.10. The van der Waals surface area contributed by atoms with E-state index in [0.29, 0.717) is 23.5 Å². The minimum Gasteiger partial charge on any atom is -0.504 e. The Hall–Kier alpha value is -2.30. The first-order valence-electron chi connectivity index (χ1n) is 14.1. The van der Waals surface area contributed by atoms with Gasteiger partial charge in [-0.3, -0.25) is 4.79 Å². The van der Waals surface area contributed by atoms with Gasteiger partial charge in [0.2, 0.25) is 5.78 Å². The summed E-state index contributed by atoms with van der Waals surface area (Å²) in [7, 11) is 1.68. The van der Waals surface area contributed by atoms with E-state index >= 15 is 0 Å². The van der Waals surface area contributed by atoms with Gasteiger partial charge in [0.25, 0.3) is 0 Å². The first-order valence-corrected chi connectivity index (χ1v) is 14.1. The van der Waals surface area contributed by atoms with E-state index in [0.717, 1.165) is 49.7 Å². The van der Waals surface area contributed by atoms with Crippen LogP contribution in [-0.4, -0.2) is 40.6 Å². The Balaban J connectivity index is 1.53. The zero-order chi connectivity index (χ0) is 27.2. The Morgan fingerprint density at radius 3 is 2.38 bits per heavy atom. The standard InChI is InChI=1S/C32H45NO4/c1-20-21-8-9-24-30(4,22(21)18-23(34)26(20)35)13-15-32(6)25-19-28(2,16-17-33(7)27(36)37)10-11-29(25,3)12-14-31(24,32)5/h8-9,18,25,35H,10-17,19H2,1-7H3,(H,36,37)/t25-,28+,29+,30+,31-,32+/m1/s1. The van der Waals surface area contributed by atoms with E-state index < -0.39 is 6.09 Å². The molecule has 0 aromatic heterocycles. The van der Waals surface area contributed by atoms with Crippen LogP contribution < -0.4 is 0 Å². The van der Waals surface area contributed by atoms with Crippen molar-refractivity contribution >= 4 is 11.9 Å². The highest BCUT2D eigenvalue weighted by atomic mass is 16.4. The van der Waals surface area contributed by atoms with E-state index in [1.165, 1.54) is 23.3 Å². The molecule has 0 aromatic rings. The molecule has 5 aliphatic carbocycles. The SMILES string of the molecule is CC1=C(O)C(=O)C=C2C1=CC=C1[C@@]2(C)CC[C@@]2(C)[C@@H]3C[C@](C)(CCN(C)C(=O)O)CC[C@@]3(C)CC[C@]12C. The number of rotatable bonds is 3. The van der Waals surface area contributed by atoms with Crippen molar-refractivity contribution in [2.24, 2.45) is 33.0 Å². The molecule has 3 saturated carbocycles. The van der Waals surface area contributed by atoms with E-state index in [1.807, 2.05) is 6.92 Å². The van der Waals surface area contributed by atoms with Gasteiger partial charge in [-0.1, -0.05) is 52.3 Å². The van der Waals surface area contributed by atoms with Crippen LogP contribution in [0.4, 0.5) is 4.79 Å². The topological polar surface area (TPSA) is 77.8 Å². The van der Waals surface area contributed by atoms with Gasteiger partial charge in [-0.2, -0.15) is 0 Å². The molecule has 1 amide bonds. The third kappa shape index (κ3) is 3.55. The maximum Gasteiger partial charge on any atom is 0.407 e. The summed E-state index contributed by atoms with van der Waals surface area (Å²) in [5, 5.41) is 19.7. The van der Waals surface area contributed by atoms with Crippen molar-refractivity contribution in [3.05, 3.63) is 46.3 Å².